The first kappa shape index (κ1) is 77.1. The third-order valence-electron chi connectivity index (χ3n) is 14.8. The third-order valence-corrected chi connectivity index (χ3v) is 14.8. The van der Waals surface area contributed by atoms with Crippen molar-refractivity contribution in [3.8, 4) is 0 Å². The highest BCUT2D eigenvalue weighted by molar-refractivity contribution is 5.71. The van der Waals surface area contributed by atoms with E-state index in [1.807, 2.05) is 0 Å². The van der Waals surface area contributed by atoms with Crippen LogP contribution < -0.4 is 0 Å². The number of esters is 3. The van der Waals surface area contributed by atoms with Gasteiger partial charge in [-0.15, -0.1) is 0 Å². The zero-order chi connectivity index (χ0) is 58.5. The van der Waals surface area contributed by atoms with Crippen LogP contribution in [0.15, 0.2) is 109 Å². The summed E-state index contributed by atoms with van der Waals surface area (Å²) in [5.41, 5.74) is 0. The lowest BCUT2D eigenvalue weighted by atomic mass is 10.0. The van der Waals surface area contributed by atoms with E-state index in [1.54, 1.807) is 0 Å². The largest absolute Gasteiger partial charge is 0.462 e. The van der Waals surface area contributed by atoms with Gasteiger partial charge in [-0.1, -0.05) is 316 Å². The van der Waals surface area contributed by atoms with Crippen LogP contribution in [0.3, 0.4) is 0 Å². The number of rotatable bonds is 62. The molecule has 0 saturated carbocycles. The van der Waals surface area contributed by atoms with Crippen LogP contribution in [0.2, 0.25) is 0 Å². The summed E-state index contributed by atoms with van der Waals surface area (Å²) < 4.78 is 17.0. The van der Waals surface area contributed by atoms with E-state index in [0.717, 1.165) is 135 Å². The Hall–Kier alpha value is -3.93. The van der Waals surface area contributed by atoms with Crippen LogP contribution in [0.4, 0.5) is 0 Å². The second-order valence-corrected chi connectivity index (χ2v) is 22.7. The minimum absolute atomic E-state index is 0.0837. The Morgan fingerprint density at radius 1 is 0.259 bits per heavy atom. The smallest absolute Gasteiger partial charge is 0.306 e. The number of allylic oxidation sites excluding steroid dienone is 18. The van der Waals surface area contributed by atoms with E-state index >= 15 is 0 Å². The quantitative estimate of drug-likeness (QED) is 0.0261. The summed E-state index contributed by atoms with van der Waals surface area (Å²) in [4.78, 5) is 38.5. The van der Waals surface area contributed by atoms with Crippen molar-refractivity contribution >= 4 is 17.9 Å². The van der Waals surface area contributed by atoms with E-state index in [-0.39, 0.29) is 31.1 Å². The summed E-state index contributed by atoms with van der Waals surface area (Å²) in [6.07, 6.45) is 93.8. The Morgan fingerprint density at radius 3 is 0.753 bits per heavy atom. The Balaban J connectivity index is 4.39. The molecule has 0 rings (SSSR count). The van der Waals surface area contributed by atoms with E-state index in [4.69, 9.17) is 14.2 Å². The highest BCUT2D eigenvalue weighted by Crippen LogP contribution is 2.17. The van der Waals surface area contributed by atoms with Gasteiger partial charge in [0.2, 0.25) is 0 Å². The van der Waals surface area contributed by atoms with Gasteiger partial charge in [0.05, 0.1) is 0 Å². The van der Waals surface area contributed by atoms with Gasteiger partial charge in [0.15, 0.2) is 6.10 Å². The first-order valence-electron chi connectivity index (χ1n) is 34.4. The zero-order valence-corrected chi connectivity index (χ0v) is 53.3. The molecule has 0 amide bonds. The van der Waals surface area contributed by atoms with Crippen LogP contribution in [0.25, 0.3) is 0 Å². The molecule has 0 spiro atoms. The molecule has 81 heavy (non-hydrogen) atoms. The predicted octanol–water partition coefficient (Wildman–Crippen LogP) is 23.8. The molecular weight excluding hydrogens is 997 g/mol. The molecule has 0 N–H and O–H groups in total. The van der Waals surface area contributed by atoms with Crippen molar-refractivity contribution in [3.05, 3.63) is 109 Å². The Bertz CT molecular complexity index is 1620. The van der Waals surface area contributed by atoms with Gasteiger partial charge in [0.1, 0.15) is 13.2 Å². The summed E-state index contributed by atoms with van der Waals surface area (Å²) in [7, 11) is 0. The van der Waals surface area contributed by atoms with Crippen LogP contribution in [-0.2, 0) is 28.6 Å². The number of hydrogen-bond donors (Lipinski definition) is 0. The van der Waals surface area contributed by atoms with E-state index < -0.39 is 6.10 Å². The van der Waals surface area contributed by atoms with E-state index in [1.165, 1.54) is 154 Å². The molecule has 1 atom stereocenters. The second-order valence-electron chi connectivity index (χ2n) is 22.7. The lowest BCUT2D eigenvalue weighted by Gasteiger charge is -2.18. The molecule has 0 fully saturated rings. The van der Waals surface area contributed by atoms with Gasteiger partial charge in [-0.25, -0.2) is 0 Å². The zero-order valence-electron chi connectivity index (χ0n) is 53.3. The Morgan fingerprint density at radius 2 is 0.481 bits per heavy atom. The minimum Gasteiger partial charge on any atom is -0.462 e. The van der Waals surface area contributed by atoms with Crippen molar-refractivity contribution in [1.29, 1.82) is 0 Å². The van der Waals surface area contributed by atoms with E-state index in [0.29, 0.717) is 19.3 Å². The third kappa shape index (κ3) is 66.8. The maximum atomic E-state index is 13.0. The highest BCUT2D eigenvalue weighted by atomic mass is 16.6. The Kier molecular flexibility index (Phi) is 65.2. The number of carbonyl (C=O) groups is 3. The summed E-state index contributed by atoms with van der Waals surface area (Å²) in [6, 6.07) is 0. The molecule has 0 aliphatic heterocycles. The molecule has 6 heteroatoms. The van der Waals surface area contributed by atoms with Gasteiger partial charge in [0.25, 0.3) is 0 Å². The summed E-state index contributed by atoms with van der Waals surface area (Å²) >= 11 is 0. The lowest BCUT2D eigenvalue weighted by molar-refractivity contribution is -0.167. The van der Waals surface area contributed by atoms with Gasteiger partial charge < -0.3 is 14.2 Å². The second kappa shape index (κ2) is 68.6. The van der Waals surface area contributed by atoms with Gasteiger partial charge >= 0.3 is 17.9 Å². The molecule has 0 aromatic carbocycles. The first-order valence-corrected chi connectivity index (χ1v) is 34.4. The maximum Gasteiger partial charge on any atom is 0.306 e. The number of ether oxygens (including phenoxy) is 3. The molecule has 0 aliphatic carbocycles. The SMILES string of the molecule is CC/C=C\C/C=C\C/C=C\C/C=C\C/C=C\CCCCCCCCCCCC(=O)OCC(COC(=O)CCCCCCCCCCCCCCCCCCCCC)OC(=O)CCCCCCCC/C=C\C/C=C\C/C=C\C/C=C\CC. The summed E-state index contributed by atoms with van der Waals surface area (Å²) in [6.45, 7) is 6.44. The van der Waals surface area contributed by atoms with Gasteiger partial charge in [-0.2, -0.15) is 0 Å². The fraction of sp³-hybridized carbons (Fsp3) is 0.720. The van der Waals surface area contributed by atoms with Crippen LogP contribution in [0.5, 0.6) is 0 Å². The normalized spacial score (nSPS) is 12.8. The van der Waals surface area contributed by atoms with Crippen molar-refractivity contribution in [2.24, 2.45) is 0 Å². The summed E-state index contributed by atoms with van der Waals surface area (Å²) in [5.74, 6) is -0.890. The van der Waals surface area contributed by atoms with Crippen molar-refractivity contribution < 1.29 is 28.6 Å². The minimum atomic E-state index is -0.791. The standard InChI is InChI=1S/C75H128O6/c1-4-7-10-13-16-19-22-25-28-31-34-35-36-37-38-39-42-44-47-50-53-56-59-62-65-68-74(77)80-71-72(81-75(78)69-66-63-60-57-54-51-48-45-41-33-30-27-24-21-18-15-12-9-6-3)70-79-73(76)67-64-61-58-55-52-49-46-43-40-32-29-26-23-20-17-14-11-8-5-2/h7,9-10,12,16,18-19,21,25,27-28,30,34-35,37-38,41,45,72H,4-6,8,11,13-15,17,20,22-24,26,29,31-33,36,39-40,42-44,46-71H2,1-3H3/b10-7-,12-9-,19-16-,21-18-,28-25-,30-27-,35-34-,38-37-,45-41-. The molecule has 464 valence electrons. The van der Waals surface area contributed by atoms with Crippen LogP contribution >= 0.6 is 0 Å². The molecule has 0 bridgehead atoms. The van der Waals surface area contributed by atoms with Gasteiger partial charge in [-0.3, -0.25) is 14.4 Å². The average Bonchev–Trinajstić information content (AvgIpc) is 3.47. The molecule has 0 heterocycles. The number of carbonyl (C=O) groups excluding carboxylic acids is 3. The average molecular weight is 1130 g/mol. The van der Waals surface area contributed by atoms with Crippen molar-refractivity contribution in [3.63, 3.8) is 0 Å². The number of unbranched alkanes of at least 4 members (excludes halogenated alkanes) is 33. The monoisotopic (exact) mass is 1120 g/mol. The molecule has 0 radical (unpaired) electrons. The first-order chi connectivity index (χ1) is 40.0. The van der Waals surface area contributed by atoms with Crippen molar-refractivity contribution in [2.75, 3.05) is 13.2 Å². The van der Waals surface area contributed by atoms with Crippen LogP contribution in [0, 0.1) is 0 Å². The molecule has 6 nitrogen and oxygen atoms in total. The fourth-order valence-electron chi connectivity index (χ4n) is 9.70. The molecular formula is C75H128O6. The van der Waals surface area contributed by atoms with E-state index in [9.17, 15) is 14.4 Å². The summed E-state index contributed by atoms with van der Waals surface area (Å²) in [5, 5.41) is 0. The fourth-order valence-corrected chi connectivity index (χ4v) is 9.70. The predicted molar refractivity (Wildman–Crippen MR) is 353 cm³/mol. The van der Waals surface area contributed by atoms with Crippen molar-refractivity contribution in [1.82, 2.24) is 0 Å². The van der Waals surface area contributed by atoms with E-state index in [2.05, 4.69) is 130 Å². The van der Waals surface area contributed by atoms with Crippen molar-refractivity contribution in [2.45, 2.75) is 335 Å². The van der Waals surface area contributed by atoms with Gasteiger partial charge in [-0.05, 0) is 103 Å². The highest BCUT2D eigenvalue weighted by Gasteiger charge is 2.19. The molecule has 0 aromatic rings. The molecule has 1 unspecified atom stereocenters. The number of hydrogen-bond acceptors (Lipinski definition) is 6. The topological polar surface area (TPSA) is 78.9 Å². The Labute approximate surface area is 501 Å². The lowest BCUT2D eigenvalue weighted by Crippen LogP contribution is -2.30. The molecule has 0 aliphatic rings. The molecule has 0 aromatic heterocycles. The molecule has 0 saturated heterocycles. The van der Waals surface area contributed by atoms with Crippen LogP contribution in [-0.4, -0.2) is 37.2 Å². The van der Waals surface area contributed by atoms with Gasteiger partial charge in [0, 0.05) is 19.3 Å². The van der Waals surface area contributed by atoms with Crippen LogP contribution in [0.1, 0.15) is 329 Å². The maximum absolute atomic E-state index is 13.0.